The van der Waals surface area contributed by atoms with Crippen molar-refractivity contribution in [3.8, 4) is 0 Å². The van der Waals surface area contributed by atoms with Crippen molar-refractivity contribution in [2.24, 2.45) is 11.3 Å². The van der Waals surface area contributed by atoms with Gasteiger partial charge in [0.05, 0.1) is 12.2 Å². The molecule has 4 nitrogen and oxygen atoms in total. The normalized spacial score (nSPS) is 49.3. The zero-order valence-electron chi connectivity index (χ0n) is 8.97. The molecule has 1 aliphatic rings. The Morgan fingerprint density at radius 2 is 1.93 bits per heavy atom. The predicted octanol–water partition coefficient (Wildman–Crippen LogP) is -0.238. The highest BCUT2D eigenvalue weighted by atomic mass is 16.5. The van der Waals surface area contributed by atoms with Crippen molar-refractivity contribution in [2.75, 3.05) is 13.7 Å². The highest BCUT2D eigenvalue weighted by molar-refractivity contribution is 4.97. The molecule has 84 valence electrons. The third-order valence-corrected chi connectivity index (χ3v) is 3.67. The summed E-state index contributed by atoms with van der Waals surface area (Å²) in [5.74, 6) is -0.131. The molecule has 0 amide bonds. The largest absolute Gasteiger partial charge is 0.396 e. The van der Waals surface area contributed by atoms with Gasteiger partial charge < -0.3 is 20.1 Å². The lowest BCUT2D eigenvalue weighted by molar-refractivity contribution is -0.169. The fourth-order valence-electron chi connectivity index (χ4n) is 2.13. The fourth-order valence-corrected chi connectivity index (χ4v) is 2.13. The molecule has 0 radical (unpaired) electrons. The highest BCUT2D eigenvalue weighted by Crippen LogP contribution is 2.41. The maximum atomic E-state index is 9.77. The summed E-state index contributed by atoms with van der Waals surface area (Å²) in [6.45, 7) is 3.74. The van der Waals surface area contributed by atoms with Crippen molar-refractivity contribution in [1.82, 2.24) is 0 Å². The van der Waals surface area contributed by atoms with E-state index >= 15 is 0 Å². The molecule has 1 fully saturated rings. The molecule has 0 aromatic heterocycles. The van der Waals surface area contributed by atoms with Crippen LogP contribution in [0.5, 0.6) is 0 Å². The van der Waals surface area contributed by atoms with Gasteiger partial charge in [-0.2, -0.15) is 0 Å². The summed E-state index contributed by atoms with van der Waals surface area (Å²) in [4.78, 5) is 0. The molecule has 0 saturated heterocycles. The number of methoxy groups -OCH3 is 1. The van der Waals surface area contributed by atoms with Crippen molar-refractivity contribution in [2.45, 2.75) is 38.6 Å². The van der Waals surface area contributed by atoms with Crippen molar-refractivity contribution >= 4 is 0 Å². The molecule has 0 heterocycles. The molecule has 0 spiro atoms. The average molecular weight is 204 g/mol. The molecule has 4 heteroatoms. The van der Waals surface area contributed by atoms with Gasteiger partial charge in [-0.15, -0.1) is 0 Å². The lowest BCUT2D eigenvalue weighted by atomic mass is 9.65. The van der Waals surface area contributed by atoms with Crippen molar-refractivity contribution in [3.05, 3.63) is 0 Å². The second kappa shape index (κ2) is 4.14. The molecule has 0 bridgehead atoms. The third-order valence-electron chi connectivity index (χ3n) is 3.67. The van der Waals surface area contributed by atoms with Crippen LogP contribution < -0.4 is 0 Å². The van der Waals surface area contributed by atoms with Gasteiger partial charge in [-0.1, -0.05) is 13.8 Å². The summed E-state index contributed by atoms with van der Waals surface area (Å²) in [5, 5.41) is 28.7. The molecule has 0 aromatic carbocycles. The van der Waals surface area contributed by atoms with Crippen LogP contribution >= 0.6 is 0 Å². The van der Waals surface area contributed by atoms with E-state index in [1.54, 1.807) is 0 Å². The number of rotatable bonds is 2. The van der Waals surface area contributed by atoms with E-state index in [1.807, 2.05) is 13.8 Å². The van der Waals surface area contributed by atoms with Crippen LogP contribution in [0.4, 0.5) is 0 Å². The predicted molar refractivity (Wildman–Crippen MR) is 51.8 cm³/mol. The first-order valence-electron chi connectivity index (χ1n) is 4.96. The Hall–Kier alpha value is -0.160. The Morgan fingerprint density at radius 3 is 2.36 bits per heavy atom. The molecular weight excluding hydrogens is 184 g/mol. The molecule has 0 aliphatic heterocycles. The quantitative estimate of drug-likeness (QED) is 0.580. The number of aliphatic hydroxyl groups is 3. The van der Waals surface area contributed by atoms with Gasteiger partial charge in [0, 0.05) is 13.7 Å². The van der Waals surface area contributed by atoms with E-state index < -0.39 is 18.3 Å². The molecule has 1 aliphatic carbocycles. The monoisotopic (exact) mass is 204 g/mol. The first kappa shape index (κ1) is 11.9. The van der Waals surface area contributed by atoms with E-state index in [0.717, 1.165) is 0 Å². The molecule has 3 N–H and O–H groups in total. The Kier molecular flexibility index (Phi) is 3.53. The second-order valence-corrected chi connectivity index (χ2v) is 4.56. The standard InChI is InChI=1S/C10H20O4/c1-6-8(12)9(13)7(14-3)4-10(6,2)5-11/h6-9,11-13H,4-5H2,1-3H3/t6-,7-,8-,9?,10?/m1/s1. The van der Waals surface area contributed by atoms with E-state index in [0.29, 0.717) is 6.42 Å². The Morgan fingerprint density at radius 1 is 1.36 bits per heavy atom. The topological polar surface area (TPSA) is 69.9 Å². The summed E-state index contributed by atoms with van der Waals surface area (Å²) >= 11 is 0. The maximum absolute atomic E-state index is 9.77. The number of aliphatic hydroxyl groups excluding tert-OH is 3. The minimum Gasteiger partial charge on any atom is -0.396 e. The number of hydrogen-bond acceptors (Lipinski definition) is 4. The summed E-state index contributed by atoms with van der Waals surface area (Å²) < 4.78 is 5.10. The van der Waals surface area contributed by atoms with Gasteiger partial charge in [0.2, 0.25) is 0 Å². The minimum atomic E-state index is -0.852. The zero-order valence-corrected chi connectivity index (χ0v) is 8.97. The molecular formula is C10H20O4. The van der Waals surface area contributed by atoms with Crippen LogP contribution in [0, 0.1) is 11.3 Å². The minimum absolute atomic E-state index is 0.00218. The Balaban J connectivity index is 2.84. The summed E-state index contributed by atoms with van der Waals surface area (Å²) in [6, 6.07) is 0. The van der Waals surface area contributed by atoms with Gasteiger partial charge in [0.25, 0.3) is 0 Å². The van der Waals surface area contributed by atoms with Crippen molar-refractivity contribution in [1.29, 1.82) is 0 Å². The number of hydrogen-bond donors (Lipinski definition) is 3. The maximum Gasteiger partial charge on any atom is 0.106 e. The Bertz CT molecular complexity index is 195. The summed E-state index contributed by atoms with van der Waals surface area (Å²) in [7, 11) is 1.51. The van der Waals surface area contributed by atoms with Gasteiger partial charge in [-0.3, -0.25) is 0 Å². The fraction of sp³-hybridized carbons (Fsp3) is 1.00. The van der Waals surface area contributed by atoms with Crippen molar-refractivity contribution < 1.29 is 20.1 Å². The highest BCUT2D eigenvalue weighted by Gasteiger charge is 2.47. The van der Waals surface area contributed by atoms with E-state index in [-0.39, 0.29) is 17.9 Å². The van der Waals surface area contributed by atoms with Gasteiger partial charge in [-0.05, 0) is 17.8 Å². The van der Waals surface area contributed by atoms with Gasteiger partial charge in [0.1, 0.15) is 6.10 Å². The molecule has 2 unspecified atom stereocenters. The van der Waals surface area contributed by atoms with E-state index in [9.17, 15) is 15.3 Å². The SMILES string of the molecule is CO[C@@H]1CC(C)(CO)[C@H](C)[C@@H](O)C1O. The second-order valence-electron chi connectivity index (χ2n) is 4.56. The van der Waals surface area contributed by atoms with Crippen LogP contribution in [-0.2, 0) is 4.74 Å². The van der Waals surface area contributed by atoms with Crippen LogP contribution in [-0.4, -0.2) is 47.3 Å². The van der Waals surface area contributed by atoms with Crippen LogP contribution in [0.15, 0.2) is 0 Å². The lowest BCUT2D eigenvalue weighted by Gasteiger charge is -2.47. The first-order valence-corrected chi connectivity index (χ1v) is 4.96. The van der Waals surface area contributed by atoms with Crippen LogP contribution in [0.25, 0.3) is 0 Å². The molecule has 1 rings (SSSR count). The summed E-state index contributed by atoms with van der Waals surface area (Å²) in [5.41, 5.74) is -0.376. The van der Waals surface area contributed by atoms with Gasteiger partial charge >= 0.3 is 0 Å². The molecule has 5 atom stereocenters. The molecule has 14 heavy (non-hydrogen) atoms. The lowest BCUT2D eigenvalue weighted by Crippen LogP contribution is -2.55. The first-order chi connectivity index (χ1) is 6.46. The zero-order chi connectivity index (χ0) is 10.9. The van der Waals surface area contributed by atoms with Gasteiger partial charge in [-0.25, -0.2) is 0 Å². The van der Waals surface area contributed by atoms with Gasteiger partial charge in [0.15, 0.2) is 0 Å². The van der Waals surface area contributed by atoms with Crippen LogP contribution in [0.2, 0.25) is 0 Å². The van der Waals surface area contributed by atoms with E-state index in [4.69, 9.17) is 4.74 Å². The summed E-state index contributed by atoms with van der Waals surface area (Å²) in [6.07, 6.45) is -1.50. The molecule has 0 aromatic rings. The third kappa shape index (κ3) is 1.80. The average Bonchev–Trinajstić information content (AvgIpc) is 2.20. The Labute approximate surface area is 84.5 Å². The number of ether oxygens (including phenoxy) is 1. The van der Waals surface area contributed by atoms with Crippen LogP contribution in [0.1, 0.15) is 20.3 Å². The smallest absolute Gasteiger partial charge is 0.106 e. The van der Waals surface area contributed by atoms with E-state index in [1.165, 1.54) is 7.11 Å². The van der Waals surface area contributed by atoms with Crippen LogP contribution in [0.3, 0.4) is 0 Å². The van der Waals surface area contributed by atoms with Crippen molar-refractivity contribution in [3.63, 3.8) is 0 Å². The van der Waals surface area contributed by atoms with E-state index in [2.05, 4.69) is 0 Å². The molecule has 1 saturated carbocycles.